The standard InChI is InChI=1S/C13H28N2O/c1-4-15(5-2)9-8-14-12(3)11-13-7-6-10-16-13/h12-14H,4-11H2,1-3H3. The van der Waals surface area contributed by atoms with Crippen LogP contribution in [-0.2, 0) is 4.74 Å². The number of nitrogens with one attached hydrogen (secondary N) is 1. The van der Waals surface area contributed by atoms with Gasteiger partial charge in [-0.05, 0) is 39.3 Å². The van der Waals surface area contributed by atoms with Gasteiger partial charge in [-0.3, -0.25) is 0 Å². The maximum Gasteiger partial charge on any atom is 0.0590 e. The van der Waals surface area contributed by atoms with Gasteiger partial charge < -0.3 is 15.0 Å². The Kier molecular flexibility index (Phi) is 7.01. The molecule has 16 heavy (non-hydrogen) atoms. The molecular formula is C13H28N2O. The number of hydrogen-bond acceptors (Lipinski definition) is 3. The number of likely N-dealkylation sites (N-methyl/N-ethyl adjacent to an activating group) is 1. The van der Waals surface area contributed by atoms with Gasteiger partial charge in [0.15, 0.2) is 0 Å². The summed E-state index contributed by atoms with van der Waals surface area (Å²) in [6, 6.07) is 0.582. The molecule has 0 aliphatic carbocycles. The highest BCUT2D eigenvalue weighted by molar-refractivity contribution is 4.72. The highest BCUT2D eigenvalue weighted by atomic mass is 16.5. The first-order chi connectivity index (χ1) is 7.76. The molecule has 1 saturated heterocycles. The summed E-state index contributed by atoms with van der Waals surface area (Å²) in [5.74, 6) is 0. The van der Waals surface area contributed by atoms with Gasteiger partial charge >= 0.3 is 0 Å². The van der Waals surface area contributed by atoms with Gasteiger partial charge in [-0.1, -0.05) is 13.8 Å². The number of nitrogens with zero attached hydrogens (tertiary/aromatic N) is 1. The summed E-state index contributed by atoms with van der Waals surface area (Å²) in [4.78, 5) is 2.45. The fourth-order valence-corrected chi connectivity index (χ4v) is 2.32. The molecule has 1 heterocycles. The minimum absolute atomic E-state index is 0.510. The van der Waals surface area contributed by atoms with Crippen LogP contribution in [0.25, 0.3) is 0 Å². The Hall–Kier alpha value is -0.120. The summed E-state index contributed by atoms with van der Waals surface area (Å²) >= 11 is 0. The lowest BCUT2D eigenvalue weighted by molar-refractivity contribution is 0.0960. The molecule has 1 aliphatic rings. The molecule has 0 bridgehead atoms. The summed E-state index contributed by atoms with van der Waals surface area (Å²) in [6.45, 7) is 12.2. The molecule has 96 valence electrons. The molecule has 3 nitrogen and oxygen atoms in total. The van der Waals surface area contributed by atoms with Crippen molar-refractivity contribution in [3.8, 4) is 0 Å². The summed E-state index contributed by atoms with van der Waals surface area (Å²) in [6.07, 6.45) is 4.17. The normalized spacial score (nSPS) is 22.9. The van der Waals surface area contributed by atoms with E-state index in [9.17, 15) is 0 Å². The van der Waals surface area contributed by atoms with Crippen LogP contribution in [-0.4, -0.2) is 49.8 Å². The summed E-state index contributed by atoms with van der Waals surface area (Å²) in [7, 11) is 0. The fourth-order valence-electron chi connectivity index (χ4n) is 2.32. The van der Waals surface area contributed by atoms with E-state index in [1.807, 2.05) is 0 Å². The van der Waals surface area contributed by atoms with Crippen LogP contribution in [0.1, 0.15) is 40.0 Å². The zero-order chi connectivity index (χ0) is 11.8. The minimum Gasteiger partial charge on any atom is -0.378 e. The van der Waals surface area contributed by atoms with Crippen LogP contribution in [0, 0.1) is 0 Å². The lowest BCUT2D eigenvalue weighted by atomic mass is 10.1. The van der Waals surface area contributed by atoms with E-state index in [4.69, 9.17) is 4.74 Å². The lowest BCUT2D eigenvalue weighted by Crippen LogP contribution is -2.37. The van der Waals surface area contributed by atoms with Gasteiger partial charge in [0.2, 0.25) is 0 Å². The van der Waals surface area contributed by atoms with Crippen LogP contribution in [0.2, 0.25) is 0 Å². The second-order valence-corrected chi connectivity index (χ2v) is 4.75. The molecule has 0 aromatic rings. The van der Waals surface area contributed by atoms with Crippen molar-refractivity contribution in [3.63, 3.8) is 0 Å². The highest BCUT2D eigenvalue weighted by Crippen LogP contribution is 2.16. The largest absolute Gasteiger partial charge is 0.378 e. The first kappa shape index (κ1) is 13.9. The Bertz CT molecular complexity index is 165. The molecule has 2 unspecified atom stereocenters. The van der Waals surface area contributed by atoms with Crippen molar-refractivity contribution >= 4 is 0 Å². The molecule has 1 rings (SSSR count). The fraction of sp³-hybridized carbons (Fsp3) is 1.00. The third-order valence-electron chi connectivity index (χ3n) is 3.46. The third-order valence-corrected chi connectivity index (χ3v) is 3.46. The van der Waals surface area contributed by atoms with Gasteiger partial charge in [0.25, 0.3) is 0 Å². The van der Waals surface area contributed by atoms with Crippen molar-refractivity contribution in [2.75, 3.05) is 32.8 Å². The van der Waals surface area contributed by atoms with Gasteiger partial charge in [-0.15, -0.1) is 0 Å². The molecule has 0 saturated carbocycles. The topological polar surface area (TPSA) is 24.5 Å². The first-order valence-electron chi connectivity index (χ1n) is 6.83. The second-order valence-electron chi connectivity index (χ2n) is 4.75. The van der Waals surface area contributed by atoms with Gasteiger partial charge in [-0.25, -0.2) is 0 Å². The van der Waals surface area contributed by atoms with Crippen molar-refractivity contribution in [1.82, 2.24) is 10.2 Å². The smallest absolute Gasteiger partial charge is 0.0590 e. The van der Waals surface area contributed by atoms with Crippen LogP contribution >= 0.6 is 0 Å². The third kappa shape index (κ3) is 5.28. The maximum absolute atomic E-state index is 5.64. The first-order valence-corrected chi connectivity index (χ1v) is 6.83. The Labute approximate surface area is 101 Å². The average Bonchev–Trinajstić information content (AvgIpc) is 2.77. The predicted molar refractivity (Wildman–Crippen MR) is 68.8 cm³/mol. The monoisotopic (exact) mass is 228 g/mol. The van der Waals surface area contributed by atoms with E-state index in [1.165, 1.54) is 12.8 Å². The predicted octanol–water partition coefficient (Wildman–Crippen LogP) is 1.88. The molecular weight excluding hydrogens is 200 g/mol. The second kappa shape index (κ2) is 8.04. The zero-order valence-corrected chi connectivity index (χ0v) is 11.2. The molecule has 0 radical (unpaired) electrons. The van der Waals surface area contributed by atoms with E-state index in [2.05, 4.69) is 31.0 Å². The maximum atomic E-state index is 5.64. The van der Waals surface area contributed by atoms with Crippen LogP contribution < -0.4 is 5.32 Å². The Morgan fingerprint density at radius 1 is 1.38 bits per heavy atom. The molecule has 1 fully saturated rings. The minimum atomic E-state index is 0.510. The number of rotatable bonds is 8. The molecule has 3 heteroatoms. The van der Waals surface area contributed by atoms with Crippen LogP contribution in [0.15, 0.2) is 0 Å². The van der Waals surface area contributed by atoms with Crippen LogP contribution in [0.4, 0.5) is 0 Å². The van der Waals surface area contributed by atoms with E-state index >= 15 is 0 Å². The average molecular weight is 228 g/mol. The van der Waals surface area contributed by atoms with E-state index in [0.717, 1.165) is 39.2 Å². The van der Waals surface area contributed by atoms with Gasteiger partial charge in [0, 0.05) is 25.7 Å². The van der Waals surface area contributed by atoms with E-state index < -0.39 is 0 Å². The van der Waals surface area contributed by atoms with Crippen molar-refractivity contribution in [2.24, 2.45) is 0 Å². The lowest BCUT2D eigenvalue weighted by Gasteiger charge is -2.21. The van der Waals surface area contributed by atoms with Crippen LogP contribution in [0.5, 0.6) is 0 Å². The molecule has 0 aromatic carbocycles. The SMILES string of the molecule is CCN(CC)CCNC(C)CC1CCCO1. The quantitative estimate of drug-likeness (QED) is 0.686. The van der Waals surface area contributed by atoms with Crippen molar-refractivity contribution < 1.29 is 4.74 Å². The summed E-state index contributed by atoms with van der Waals surface area (Å²) in [5.41, 5.74) is 0. The Morgan fingerprint density at radius 2 is 2.12 bits per heavy atom. The molecule has 2 atom stereocenters. The molecule has 0 aromatic heterocycles. The van der Waals surface area contributed by atoms with Crippen LogP contribution in [0.3, 0.4) is 0 Å². The van der Waals surface area contributed by atoms with Crippen molar-refractivity contribution in [3.05, 3.63) is 0 Å². The number of ether oxygens (including phenoxy) is 1. The molecule has 0 amide bonds. The van der Waals surface area contributed by atoms with Gasteiger partial charge in [-0.2, -0.15) is 0 Å². The Balaban J connectivity index is 2.02. The Morgan fingerprint density at radius 3 is 2.69 bits per heavy atom. The van der Waals surface area contributed by atoms with E-state index in [0.29, 0.717) is 12.1 Å². The molecule has 1 aliphatic heterocycles. The molecule has 0 spiro atoms. The zero-order valence-electron chi connectivity index (χ0n) is 11.2. The summed E-state index contributed by atoms with van der Waals surface area (Å²) < 4.78 is 5.64. The molecule has 1 N–H and O–H groups in total. The van der Waals surface area contributed by atoms with Gasteiger partial charge in [0.05, 0.1) is 6.10 Å². The van der Waals surface area contributed by atoms with Crippen molar-refractivity contribution in [1.29, 1.82) is 0 Å². The number of hydrogen-bond donors (Lipinski definition) is 1. The van der Waals surface area contributed by atoms with E-state index in [-0.39, 0.29) is 0 Å². The van der Waals surface area contributed by atoms with Gasteiger partial charge in [0.1, 0.15) is 0 Å². The summed E-state index contributed by atoms with van der Waals surface area (Å²) in [5, 5.41) is 3.59. The van der Waals surface area contributed by atoms with E-state index in [1.54, 1.807) is 0 Å². The highest BCUT2D eigenvalue weighted by Gasteiger charge is 2.17. The van der Waals surface area contributed by atoms with Crippen molar-refractivity contribution in [2.45, 2.75) is 52.2 Å².